The number of hydrogen-bond donors (Lipinski definition) is 1. The van der Waals surface area contributed by atoms with E-state index in [2.05, 4.69) is 10.1 Å². The van der Waals surface area contributed by atoms with Crippen molar-refractivity contribution in [3.63, 3.8) is 0 Å². The van der Waals surface area contributed by atoms with Crippen molar-refractivity contribution in [1.82, 2.24) is 4.90 Å². The molecule has 2 fully saturated rings. The van der Waals surface area contributed by atoms with Crippen molar-refractivity contribution < 1.29 is 23.9 Å². The number of carbonyl (C=O) groups is 4. The minimum Gasteiger partial charge on any atom is -0.465 e. The van der Waals surface area contributed by atoms with Crippen LogP contribution in [0.3, 0.4) is 0 Å². The summed E-state index contributed by atoms with van der Waals surface area (Å²) < 4.78 is 4.65. The number of imide groups is 1. The lowest BCUT2D eigenvalue weighted by Gasteiger charge is -2.19. The number of ether oxygens (including phenoxy) is 1. The highest BCUT2D eigenvalue weighted by molar-refractivity contribution is 6.05. The molecule has 1 aromatic rings. The Labute approximate surface area is 151 Å². The molecule has 3 amide bonds. The monoisotopic (exact) mass is 358 g/mol. The molecular formula is C19H22N2O5. The van der Waals surface area contributed by atoms with Crippen LogP contribution in [0.4, 0.5) is 5.69 Å². The van der Waals surface area contributed by atoms with Gasteiger partial charge in [-0.15, -0.1) is 0 Å². The molecule has 1 saturated carbocycles. The van der Waals surface area contributed by atoms with Gasteiger partial charge in [-0.1, -0.05) is 18.9 Å². The number of esters is 1. The van der Waals surface area contributed by atoms with Gasteiger partial charge in [-0.2, -0.15) is 0 Å². The molecule has 138 valence electrons. The molecule has 1 heterocycles. The Balaban J connectivity index is 1.57. The molecule has 1 N–H and O–H groups in total. The molecule has 0 unspecified atom stereocenters. The van der Waals surface area contributed by atoms with Gasteiger partial charge in [0.05, 0.1) is 24.5 Å². The number of nitrogens with one attached hydrogen (secondary N) is 1. The SMILES string of the molecule is COC(=O)c1cccc(NC(=O)CCN2C(=O)[C@H]3CCCC[C@@H]3C2=O)c1. The molecular weight excluding hydrogens is 336 g/mol. The highest BCUT2D eigenvalue weighted by Gasteiger charge is 2.47. The first kappa shape index (κ1) is 18.1. The predicted octanol–water partition coefficient (Wildman–Crippen LogP) is 1.98. The van der Waals surface area contributed by atoms with Crippen LogP contribution in [-0.4, -0.2) is 42.2 Å². The fourth-order valence-corrected chi connectivity index (χ4v) is 3.73. The number of likely N-dealkylation sites (tertiary alicyclic amines) is 1. The molecule has 26 heavy (non-hydrogen) atoms. The maximum Gasteiger partial charge on any atom is 0.337 e. The zero-order chi connectivity index (χ0) is 18.7. The first-order chi connectivity index (χ1) is 12.5. The normalized spacial score (nSPS) is 22.1. The van der Waals surface area contributed by atoms with Crippen molar-refractivity contribution in [3.8, 4) is 0 Å². The lowest BCUT2D eigenvalue weighted by Crippen LogP contribution is -2.34. The smallest absolute Gasteiger partial charge is 0.337 e. The third-order valence-corrected chi connectivity index (χ3v) is 5.06. The van der Waals surface area contributed by atoms with Gasteiger partial charge in [0, 0.05) is 18.7 Å². The summed E-state index contributed by atoms with van der Waals surface area (Å²) in [5.41, 5.74) is 0.796. The second kappa shape index (κ2) is 7.68. The molecule has 7 nitrogen and oxygen atoms in total. The number of hydrogen-bond acceptors (Lipinski definition) is 5. The molecule has 0 bridgehead atoms. The second-order valence-corrected chi connectivity index (χ2v) is 6.70. The number of fused-ring (bicyclic) bond motifs is 1. The Morgan fingerprint density at radius 3 is 2.42 bits per heavy atom. The van der Waals surface area contributed by atoms with Crippen molar-refractivity contribution in [2.24, 2.45) is 11.8 Å². The number of rotatable bonds is 5. The quantitative estimate of drug-likeness (QED) is 0.642. The molecule has 0 aromatic heterocycles. The van der Waals surface area contributed by atoms with Gasteiger partial charge in [0.2, 0.25) is 17.7 Å². The molecule has 1 aliphatic heterocycles. The van der Waals surface area contributed by atoms with E-state index in [1.807, 2.05) is 0 Å². The topological polar surface area (TPSA) is 92.8 Å². The summed E-state index contributed by atoms with van der Waals surface area (Å²) in [7, 11) is 1.29. The molecule has 3 rings (SSSR count). The summed E-state index contributed by atoms with van der Waals surface area (Å²) in [5, 5.41) is 2.68. The number of amides is 3. The Kier molecular flexibility index (Phi) is 5.35. The zero-order valence-electron chi connectivity index (χ0n) is 14.7. The molecule has 1 aliphatic carbocycles. The highest BCUT2D eigenvalue weighted by atomic mass is 16.5. The van der Waals surface area contributed by atoms with Crippen LogP contribution in [0.25, 0.3) is 0 Å². The fourth-order valence-electron chi connectivity index (χ4n) is 3.73. The van der Waals surface area contributed by atoms with Gasteiger partial charge < -0.3 is 10.1 Å². The summed E-state index contributed by atoms with van der Waals surface area (Å²) in [6.45, 7) is 0.0905. The zero-order valence-corrected chi connectivity index (χ0v) is 14.7. The van der Waals surface area contributed by atoms with E-state index < -0.39 is 5.97 Å². The highest BCUT2D eigenvalue weighted by Crippen LogP contribution is 2.37. The average Bonchev–Trinajstić information content (AvgIpc) is 2.90. The van der Waals surface area contributed by atoms with Crippen LogP contribution in [-0.2, 0) is 19.1 Å². The van der Waals surface area contributed by atoms with E-state index in [0.717, 1.165) is 25.7 Å². The van der Waals surface area contributed by atoms with Gasteiger partial charge >= 0.3 is 5.97 Å². The van der Waals surface area contributed by atoms with Gasteiger partial charge in [-0.25, -0.2) is 4.79 Å². The standard InChI is InChI=1S/C19H22N2O5/c1-26-19(25)12-5-4-6-13(11-12)20-16(22)9-10-21-17(23)14-7-2-3-8-15(14)18(21)24/h4-6,11,14-15H,2-3,7-10H2,1H3,(H,20,22)/t14-,15-/m0/s1. The van der Waals surface area contributed by atoms with Gasteiger partial charge in [0.25, 0.3) is 0 Å². The first-order valence-corrected chi connectivity index (χ1v) is 8.84. The molecule has 1 saturated heterocycles. The minimum absolute atomic E-state index is 0.0272. The van der Waals surface area contributed by atoms with Gasteiger partial charge in [-0.05, 0) is 31.0 Å². The largest absolute Gasteiger partial charge is 0.465 e. The predicted molar refractivity (Wildman–Crippen MR) is 93.2 cm³/mol. The number of benzene rings is 1. The van der Waals surface area contributed by atoms with Gasteiger partial charge in [0.1, 0.15) is 0 Å². The van der Waals surface area contributed by atoms with Crippen molar-refractivity contribution >= 4 is 29.4 Å². The summed E-state index contributed by atoms with van der Waals surface area (Å²) >= 11 is 0. The van der Waals surface area contributed by atoms with Gasteiger partial charge in [0.15, 0.2) is 0 Å². The Morgan fingerprint density at radius 1 is 1.15 bits per heavy atom. The van der Waals surface area contributed by atoms with Crippen LogP contribution in [0.1, 0.15) is 42.5 Å². The number of carbonyl (C=O) groups excluding carboxylic acids is 4. The van der Waals surface area contributed by atoms with E-state index in [1.165, 1.54) is 18.1 Å². The Bertz CT molecular complexity index is 721. The maximum atomic E-state index is 12.4. The molecule has 2 aliphatic rings. The van der Waals surface area contributed by atoms with E-state index >= 15 is 0 Å². The number of anilines is 1. The molecule has 7 heteroatoms. The van der Waals surface area contributed by atoms with Crippen LogP contribution in [0.15, 0.2) is 24.3 Å². The van der Waals surface area contributed by atoms with Crippen molar-refractivity contribution in [2.45, 2.75) is 32.1 Å². The number of methoxy groups -OCH3 is 1. The van der Waals surface area contributed by atoms with E-state index in [-0.39, 0.29) is 42.5 Å². The van der Waals surface area contributed by atoms with Crippen LogP contribution in [0, 0.1) is 11.8 Å². The van der Waals surface area contributed by atoms with Crippen LogP contribution < -0.4 is 5.32 Å². The summed E-state index contributed by atoms with van der Waals surface area (Å²) in [5.74, 6) is -1.48. The lowest BCUT2D eigenvalue weighted by molar-refractivity contribution is -0.140. The average molecular weight is 358 g/mol. The fraction of sp³-hybridized carbons (Fsp3) is 0.474. The lowest BCUT2D eigenvalue weighted by atomic mass is 9.81. The van der Waals surface area contributed by atoms with E-state index in [9.17, 15) is 19.2 Å². The summed E-state index contributed by atoms with van der Waals surface area (Å²) in [4.78, 5) is 49.7. The van der Waals surface area contributed by atoms with Gasteiger partial charge in [-0.3, -0.25) is 19.3 Å². The van der Waals surface area contributed by atoms with E-state index in [1.54, 1.807) is 18.2 Å². The number of nitrogens with zero attached hydrogens (tertiary/aromatic N) is 1. The van der Waals surface area contributed by atoms with Crippen LogP contribution >= 0.6 is 0 Å². The molecule has 0 radical (unpaired) electrons. The van der Waals surface area contributed by atoms with Crippen molar-refractivity contribution in [2.75, 3.05) is 19.0 Å². The first-order valence-electron chi connectivity index (χ1n) is 8.84. The Hall–Kier alpha value is -2.70. The van der Waals surface area contributed by atoms with E-state index in [4.69, 9.17) is 0 Å². The Morgan fingerprint density at radius 2 is 1.81 bits per heavy atom. The second-order valence-electron chi connectivity index (χ2n) is 6.70. The van der Waals surface area contributed by atoms with Crippen molar-refractivity contribution in [3.05, 3.63) is 29.8 Å². The van der Waals surface area contributed by atoms with Crippen LogP contribution in [0.2, 0.25) is 0 Å². The summed E-state index contributed by atoms with van der Waals surface area (Å²) in [6.07, 6.45) is 3.51. The molecule has 1 aromatic carbocycles. The van der Waals surface area contributed by atoms with Crippen LogP contribution in [0.5, 0.6) is 0 Å². The minimum atomic E-state index is -0.489. The maximum absolute atomic E-state index is 12.4. The third-order valence-electron chi connectivity index (χ3n) is 5.06. The summed E-state index contributed by atoms with van der Waals surface area (Å²) in [6, 6.07) is 6.40. The third kappa shape index (κ3) is 3.61. The molecule has 2 atom stereocenters. The van der Waals surface area contributed by atoms with Crippen molar-refractivity contribution in [1.29, 1.82) is 0 Å². The van der Waals surface area contributed by atoms with E-state index in [0.29, 0.717) is 11.3 Å². The molecule has 0 spiro atoms.